The molecule has 0 aliphatic rings. The molecule has 126 valence electrons. The number of para-hydroxylation sites is 1. The lowest BCUT2D eigenvalue weighted by Gasteiger charge is -2.14. The van der Waals surface area contributed by atoms with E-state index < -0.39 is 12.1 Å². The maximum Gasteiger partial charge on any atom is 0.408 e. The van der Waals surface area contributed by atoms with Gasteiger partial charge >= 0.3 is 6.09 Å². The van der Waals surface area contributed by atoms with Gasteiger partial charge in [0.15, 0.2) is 0 Å². The van der Waals surface area contributed by atoms with Gasteiger partial charge in [0.2, 0.25) is 0 Å². The summed E-state index contributed by atoms with van der Waals surface area (Å²) >= 11 is 0. The molecule has 1 atom stereocenters. The summed E-state index contributed by atoms with van der Waals surface area (Å²) in [4.78, 5) is 27.6. The Balaban J connectivity index is 1.62. The van der Waals surface area contributed by atoms with E-state index in [9.17, 15) is 9.59 Å². The normalized spacial score (nSPS) is 11.7. The molecule has 3 rings (SSSR count). The number of alkyl carbamates (subject to hydrolysis) is 1. The van der Waals surface area contributed by atoms with Crippen molar-refractivity contribution in [2.75, 3.05) is 0 Å². The van der Waals surface area contributed by atoms with Gasteiger partial charge in [0.1, 0.15) is 12.9 Å². The van der Waals surface area contributed by atoms with Crippen molar-refractivity contribution in [1.29, 1.82) is 0 Å². The Kier molecular flexibility index (Phi) is 5.36. The molecular weight excluding hydrogens is 316 g/mol. The van der Waals surface area contributed by atoms with Crippen LogP contribution in [0.5, 0.6) is 0 Å². The van der Waals surface area contributed by atoms with Crippen LogP contribution in [0.15, 0.2) is 66.9 Å². The van der Waals surface area contributed by atoms with Crippen molar-refractivity contribution in [2.24, 2.45) is 0 Å². The van der Waals surface area contributed by atoms with Crippen LogP contribution in [0.2, 0.25) is 0 Å². The number of pyridine rings is 1. The number of rotatable bonds is 6. The molecule has 0 fully saturated rings. The molecule has 0 radical (unpaired) electrons. The predicted molar refractivity (Wildman–Crippen MR) is 95.1 cm³/mol. The maximum atomic E-state index is 11.9. The van der Waals surface area contributed by atoms with Gasteiger partial charge in [-0.25, -0.2) is 4.79 Å². The summed E-state index contributed by atoms with van der Waals surface area (Å²) < 4.78 is 5.16. The van der Waals surface area contributed by atoms with E-state index in [0.29, 0.717) is 6.42 Å². The second kappa shape index (κ2) is 8.06. The van der Waals surface area contributed by atoms with Crippen LogP contribution >= 0.6 is 0 Å². The Morgan fingerprint density at radius 1 is 1.08 bits per heavy atom. The highest BCUT2D eigenvalue weighted by molar-refractivity contribution is 5.82. The van der Waals surface area contributed by atoms with E-state index in [-0.39, 0.29) is 6.61 Å². The zero-order valence-corrected chi connectivity index (χ0v) is 13.6. The van der Waals surface area contributed by atoms with Gasteiger partial charge in [-0.3, -0.25) is 4.98 Å². The fourth-order valence-electron chi connectivity index (χ4n) is 2.62. The van der Waals surface area contributed by atoms with Crippen molar-refractivity contribution >= 4 is 23.3 Å². The van der Waals surface area contributed by atoms with Gasteiger partial charge in [0.25, 0.3) is 0 Å². The van der Waals surface area contributed by atoms with Crippen LogP contribution in [0, 0.1) is 0 Å². The highest BCUT2D eigenvalue weighted by atomic mass is 16.5. The smallest absolute Gasteiger partial charge is 0.408 e. The molecule has 5 heteroatoms. The number of carbonyl (C=O) groups is 2. The van der Waals surface area contributed by atoms with E-state index in [1.54, 1.807) is 6.20 Å². The summed E-state index contributed by atoms with van der Waals surface area (Å²) in [5, 5.41) is 3.57. The minimum Gasteiger partial charge on any atom is -0.445 e. The quantitative estimate of drug-likeness (QED) is 0.703. The predicted octanol–water partition coefficient (Wildman–Crippen LogP) is 3.27. The molecule has 1 unspecified atom stereocenters. The van der Waals surface area contributed by atoms with Crippen molar-refractivity contribution in [3.63, 3.8) is 0 Å². The van der Waals surface area contributed by atoms with Crippen LogP contribution in [-0.2, 0) is 22.6 Å². The first-order valence-corrected chi connectivity index (χ1v) is 8.01. The Bertz CT molecular complexity index is 860. The minimum atomic E-state index is -0.658. The average molecular weight is 334 g/mol. The van der Waals surface area contributed by atoms with Gasteiger partial charge in [-0.1, -0.05) is 48.5 Å². The maximum absolute atomic E-state index is 11.9. The monoisotopic (exact) mass is 334 g/mol. The van der Waals surface area contributed by atoms with E-state index in [1.807, 2.05) is 60.7 Å². The molecule has 5 nitrogen and oxygen atoms in total. The van der Waals surface area contributed by atoms with Crippen molar-refractivity contribution in [1.82, 2.24) is 10.3 Å². The van der Waals surface area contributed by atoms with Crippen molar-refractivity contribution < 1.29 is 14.3 Å². The number of nitrogens with zero attached hydrogens (tertiary/aromatic N) is 1. The Morgan fingerprint density at radius 3 is 2.64 bits per heavy atom. The fraction of sp³-hybridized carbons (Fsp3) is 0.150. The fourth-order valence-corrected chi connectivity index (χ4v) is 2.62. The summed E-state index contributed by atoms with van der Waals surface area (Å²) in [6.07, 6.45) is 2.19. The number of aromatic nitrogens is 1. The Morgan fingerprint density at radius 2 is 1.84 bits per heavy atom. The van der Waals surface area contributed by atoms with Gasteiger partial charge in [-0.05, 0) is 23.3 Å². The highest BCUT2D eigenvalue weighted by Gasteiger charge is 2.14. The number of benzene rings is 2. The molecule has 25 heavy (non-hydrogen) atoms. The third-order valence-electron chi connectivity index (χ3n) is 3.86. The van der Waals surface area contributed by atoms with Crippen LogP contribution < -0.4 is 5.32 Å². The molecule has 1 heterocycles. The summed E-state index contributed by atoms with van der Waals surface area (Å²) in [6.45, 7) is 0.163. The van der Waals surface area contributed by atoms with Crippen LogP contribution in [0.4, 0.5) is 4.79 Å². The van der Waals surface area contributed by atoms with Gasteiger partial charge in [-0.15, -0.1) is 0 Å². The number of carbonyl (C=O) groups excluding carboxylic acids is 2. The zero-order valence-electron chi connectivity index (χ0n) is 13.6. The first-order valence-electron chi connectivity index (χ1n) is 8.01. The topological polar surface area (TPSA) is 68.3 Å². The van der Waals surface area contributed by atoms with Crippen molar-refractivity contribution in [3.8, 4) is 0 Å². The molecule has 0 aliphatic carbocycles. The first kappa shape index (κ1) is 16.6. The van der Waals surface area contributed by atoms with E-state index in [4.69, 9.17) is 4.74 Å². The molecule has 1 aromatic heterocycles. The second-order valence-electron chi connectivity index (χ2n) is 5.64. The molecule has 0 bridgehead atoms. The lowest BCUT2D eigenvalue weighted by molar-refractivity contribution is -0.109. The van der Waals surface area contributed by atoms with Crippen LogP contribution in [0.1, 0.15) is 11.1 Å². The number of ether oxygens (including phenoxy) is 1. The zero-order chi connectivity index (χ0) is 17.5. The van der Waals surface area contributed by atoms with E-state index in [2.05, 4.69) is 10.3 Å². The number of nitrogens with one attached hydrogen (secondary N) is 1. The number of hydrogen-bond donors (Lipinski definition) is 1. The van der Waals surface area contributed by atoms with Crippen LogP contribution in [-0.4, -0.2) is 23.4 Å². The molecule has 0 spiro atoms. The first-order chi connectivity index (χ1) is 12.3. The van der Waals surface area contributed by atoms with E-state index in [1.165, 1.54) is 0 Å². The van der Waals surface area contributed by atoms with Crippen molar-refractivity contribution in [3.05, 3.63) is 78.0 Å². The second-order valence-corrected chi connectivity index (χ2v) is 5.64. The lowest BCUT2D eigenvalue weighted by Crippen LogP contribution is -2.38. The number of hydrogen-bond acceptors (Lipinski definition) is 4. The third kappa shape index (κ3) is 4.41. The van der Waals surface area contributed by atoms with Gasteiger partial charge in [0.05, 0.1) is 11.6 Å². The largest absolute Gasteiger partial charge is 0.445 e. The van der Waals surface area contributed by atoms with E-state index >= 15 is 0 Å². The molecule has 1 N–H and O–H groups in total. The third-order valence-corrected chi connectivity index (χ3v) is 3.86. The summed E-state index contributed by atoms with van der Waals surface area (Å²) in [7, 11) is 0. The van der Waals surface area contributed by atoms with Crippen LogP contribution in [0.3, 0.4) is 0 Å². The molecule has 3 aromatic rings. The summed E-state index contributed by atoms with van der Waals surface area (Å²) in [5.74, 6) is 0. The molecule has 2 aromatic carbocycles. The highest BCUT2D eigenvalue weighted by Crippen LogP contribution is 2.17. The van der Waals surface area contributed by atoms with E-state index in [0.717, 1.165) is 28.3 Å². The van der Waals surface area contributed by atoms with Gasteiger partial charge in [-0.2, -0.15) is 0 Å². The number of fused-ring (bicyclic) bond motifs is 1. The molecule has 0 saturated heterocycles. The number of amides is 1. The van der Waals surface area contributed by atoms with Gasteiger partial charge < -0.3 is 14.8 Å². The summed E-state index contributed by atoms with van der Waals surface area (Å²) in [5.41, 5.74) is 2.70. The lowest BCUT2D eigenvalue weighted by atomic mass is 10.0. The molecule has 1 amide bonds. The van der Waals surface area contributed by atoms with Crippen molar-refractivity contribution in [2.45, 2.75) is 19.1 Å². The minimum absolute atomic E-state index is 0.163. The number of aldehydes is 1. The molecule has 0 aliphatic heterocycles. The SMILES string of the molecule is O=CC(Cc1ccnc2ccccc12)NC(=O)OCc1ccccc1. The standard InChI is InChI=1S/C20H18N2O3/c23-13-17(22-20(24)25-14-15-6-2-1-3-7-15)12-16-10-11-21-19-9-5-4-8-18(16)19/h1-11,13,17H,12,14H2,(H,22,24). The summed E-state index contributed by atoms with van der Waals surface area (Å²) in [6, 6.07) is 18.3. The molecular formula is C20H18N2O3. The van der Waals surface area contributed by atoms with Gasteiger partial charge in [0, 0.05) is 18.0 Å². The molecule has 0 saturated carbocycles. The average Bonchev–Trinajstić information content (AvgIpc) is 2.67. The van der Waals surface area contributed by atoms with Crippen LogP contribution in [0.25, 0.3) is 10.9 Å². The Labute approximate surface area is 145 Å². The Hall–Kier alpha value is -3.21.